The number of ether oxygens (including phenoxy) is 1. The highest BCUT2D eigenvalue weighted by Gasteiger charge is 2.37. The van der Waals surface area contributed by atoms with Gasteiger partial charge in [-0.25, -0.2) is 9.59 Å². The number of nitrogens with one attached hydrogen (secondary N) is 1. The van der Waals surface area contributed by atoms with E-state index in [9.17, 15) is 19.5 Å². The van der Waals surface area contributed by atoms with E-state index in [2.05, 4.69) is 29.6 Å². The third kappa shape index (κ3) is 4.77. The van der Waals surface area contributed by atoms with Crippen LogP contribution in [0.4, 0.5) is 4.79 Å². The molecule has 2 fully saturated rings. The summed E-state index contributed by atoms with van der Waals surface area (Å²) in [6.07, 6.45) is 4.47. The number of nitrogens with zero attached hydrogens (tertiary/aromatic N) is 1. The van der Waals surface area contributed by atoms with Crippen molar-refractivity contribution in [2.75, 3.05) is 13.2 Å². The maximum absolute atomic E-state index is 13.0. The first-order chi connectivity index (χ1) is 17.0. The molecular formula is C28H32N2O5. The molecule has 35 heavy (non-hydrogen) atoms. The van der Waals surface area contributed by atoms with Crippen molar-refractivity contribution in [1.29, 1.82) is 0 Å². The molecule has 0 radical (unpaired) electrons. The van der Waals surface area contributed by atoms with Crippen LogP contribution in [0.1, 0.15) is 62.0 Å². The summed E-state index contributed by atoms with van der Waals surface area (Å²) in [5.41, 5.74) is 4.74. The van der Waals surface area contributed by atoms with E-state index < -0.39 is 18.1 Å². The summed E-state index contributed by atoms with van der Waals surface area (Å²) in [6.45, 7) is 0.799. The molecule has 7 heteroatoms. The fourth-order valence-electron chi connectivity index (χ4n) is 5.98. The molecule has 2 aromatic rings. The number of carbonyl (C=O) groups excluding carboxylic acids is 2. The molecule has 184 valence electrons. The third-order valence-corrected chi connectivity index (χ3v) is 7.81. The van der Waals surface area contributed by atoms with Gasteiger partial charge in [0, 0.05) is 24.4 Å². The van der Waals surface area contributed by atoms with E-state index in [1.807, 2.05) is 24.3 Å². The summed E-state index contributed by atoms with van der Waals surface area (Å²) in [5, 5.41) is 12.5. The zero-order valence-electron chi connectivity index (χ0n) is 19.8. The zero-order valence-corrected chi connectivity index (χ0v) is 19.8. The minimum atomic E-state index is -0.913. The lowest BCUT2D eigenvalue weighted by molar-refractivity contribution is -0.154. The smallest absolute Gasteiger partial charge is 0.407 e. The number of hydrogen-bond acceptors (Lipinski definition) is 4. The van der Waals surface area contributed by atoms with E-state index in [1.165, 1.54) is 22.3 Å². The van der Waals surface area contributed by atoms with Gasteiger partial charge in [0.15, 0.2) is 0 Å². The Balaban J connectivity index is 1.12. The van der Waals surface area contributed by atoms with Gasteiger partial charge >= 0.3 is 12.1 Å². The van der Waals surface area contributed by atoms with Crippen molar-refractivity contribution in [2.45, 2.75) is 62.9 Å². The number of carbonyl (C=O) groups is 3. The molecule has 7 nitrogen and oxygen atoms in total. The van der Waals surface area contributed by atoms with Gasteiger partial charge in [-0.1, -0.05) is 48.5 Å². The van der Waals surface area contributed by atoms with Gasteiger partial charge in [0.1, 0.15) is 12.6 Å². The number of aliphatic carboxylic acids is 1. The van der Waals surface area contributed by atoms with E-state index in [1.54, 1.807) is 4.90 Å². The molecule has 2 aliphatic carbocycles. The largest absolute Gasteiger partial charge is 0.480 e. The number of fused-ring (bicyclic) bond motifs is 3. The average Bonchev–Trinajstić information content (AvgIpc) is 3.21. The zero-order chi connectivity index (χ0) is 24.4. The van der Waals surface area contributed by atoms with Crippen LogP contribution in [0.2, 0.25) is 0 Å². The van der Waals surface area contributed by atoms with Crippen LogP contribution in [0.25, 0.3) is 11.1 Å². The number of amides is 2. The Morgan fingerprint density at radius 2 is 1.51 bits per heavy atom. The number of hydrogen-bond donors (Lipinski definition) is 2. The van der Waals surface area contributed by atoms with Crippen LogP contribution in [-0.4, -0.2) is 53.2 Å². The molecule has 1 saturated carbocycles. The van der Waals surface area contributed by atoms with Gasteiger partial charge in [0.05, 0.1) is 0 Å². The van der Waals surface area contributed by atoms with E-state index in [0.29, 0.717) is 38.6 Å². The second-order valence-electron chi connectivity index (χ2n) is 9.90. The standard InChI is InChI=1S/C28H32N2O5/c31-26(30-16-6-5-11-25(30)27(32)33)18-12-14-19(15-13-18)29-28(34)35-17-24-22-9-3-1-7-20(22)21-8-2-4-10-23(21)24/h1-4,7-10,18-19,24-25H,5-6,11-17H2,(H,29,34)(H,32,33)/t18?,19?,25-/m1/s1. The fourth-order valence-corrected chi connectivity index (χ4v) is 5.98. The van der Waals surface area contributed by atoms with Gasteiger partial charge in [-0.15, -0.1) is 0 Å². The summed E-state index contributed by atoms with van der Waals surface area (Å²) in [7, 11) is 0. The van der Waals surface area contributed by atoms with Crippen molar-refractivity contribution in [3.63, 3.8) is 0 Å². The number of likely N-dealkylation sites (tertiary alicyclic amines) is 1. The Kier molecular flexibility index (Phi) is 6.75. The van der Waals surface area contributed by atoms with Gasteiger partial charge in [-0.2, -0.15) is 0 Å². The summed E-state index contributed by atoms with van der Waals surface area (Å²) in [6, 6.07) is 15.7. The quantitative estimate of drug-likeness (QED) is 0.660. The van der Waals surface area contributed by atoms with E-state index in [0.717, 1.165) is 12.8 Å². The van der Waals surface area contributed by atoms with E-state index in [-0.39, 0.29) is 30.4 Å². The van der Waals surface area contributed by atoms with Crippen LogP contribution in [0.3, 0.4) is 0 Å². The molecule has 0 unspecified atom stereocenters. The normalized spacial score (nSPS) is 23.8. The highest BCUT2D eigenvalue weighted by Crippen LogP contribution is 2.44. The summed E-state index contributed by atoms with van der Waals surface area (Å²) in [4.78, 5) is 38.7. The Morgan fingerprint density at radius 1 is 0.886 bits per heavy atom. The Hall–Kier alpha value is -3.35. The summed E-state index contributed by atoms with van der Waals surface area (Å²) >= 11 is 0. The lowest BCUT2D eigenvalue weighted by Crippen LogP contribution is -2.51. The van der Waals surface area contributed by atoms with Crippen LogP contribution >= 0.6 is 0 Å². The molecule has 1 aliphatic heterocycles. The first-order valence-corrected chi connectivity index (χ1v) is 12.7. The van der Waals surface area contributed by atoms with Gasteiger partial charge in [-0.3, -0.25) is 4.79 Å². The maximum Gasteiger partial charge on any atom is 0.407 e. The minimum Gasteiger partial charge on any atom is -0.480 e. The van der Waals surface area contributed by atoms with Crippen molar-refractivity contribution in [3.8, 4) is 11.1 Å². The van der Waals surface area contributed by atoms with Crippen LogP contribution in [0.5, 0.6) is 0 Å². The van der Waals surface area contributed by atoms with Gasteiger partial charge in [0.25, 0.3) is 0 Å². The molecule has 1 heterocycles. The van der Waals surface area contributed by atoms with Crippen molar-refractivity contribution in [3.05, 3.63) is 59.7 Å². The Labute approximate surface area is 205 Å². The van der Waals surface area contributed by atoms with Crippen LogP contribution in [-0.2, 0) is 14.3 Å². The molecule has 1 saturated heterocycles. The SMILES string of the molecule is O=C(NC1CCC(C(=O)N2CCCC[C@@H]2C(=O)O)CC1)OCC1c2ccccc2-c2ccccc21. The highest BCUT2D eigenvalue weighted by atomic mass is 16.5. The van der Waals surface area contributed by atoms with Crippen LogP contribution in [0.15, 0.2) is 48.5 Å². The second-order valence-corrected chi connectivity index (χ2v) is 9.90. The molecule has 0 spiro atoms. The number of rotatable bonds is 5. The van der Waals surface area contributed by atoms with Crippen molar-refractivity contribution in [1.82, 2.24) is 10.2 Å². The molecular weight excluding hydrogens is 444 g/mol. The van der Waals surface area contributed by atoms with Crippen molar-refractivity contribution >= 4 is 18.0 Å². The predicted molar refractivity (Wildman–Crippen MR) is 131 cm³/mol. The predicted octanol–water partition coefficient (Wildman–Crippen LogP) is 4.55. The fraction of sp³-hybridized carbons (Fsp3) is 0.464. The molecule has 5 rings (SSSR count). The number of alkyl carbamates (subject to hydrolysis) is 1. The Morgan fingerprint density at radius 3 is 2.14 bits per heavy atom. The molecule has 0 bridgehead atoms. The summed E-state index contributed by atoms with van der Waals surface area (Å²) < 4.78 is 5.66. The Bertz CT molecular complexity index is 1060. The molecule has 2 N–H and O–H groups in total. The molecule has 2 aromatic carbocycles. The molecule has 1 atom stereocenters. The topological polar surface area (TPSA) is 95.9 Å². The second kappa shape index (κ2) is 10.1. The van der Waals surface area contributed by atoms with E-state index in [4.69, 9.17) is 4.74 Å². The van der Waals surface area contributed by atoms with Crippen molar-refractivity contribution in [2.24, 2.45) is 5.92 Å². The number of carboxylic acid groups (broad SMARTS) is 1. The molecule has 2 amide bonds. The van der Waals surface area contributed by atoms with Gasteiger partial charge < -0.3 is 20.1 Å². The number of benzene rings is 2. The lowest BCUT2D eigenvalue weighted by Gasteiger charge is -2.37. The first kappa shape index (κ1) is 23.4. The first-order valence-electron chi connectivity index (χ1n) is 12.7. The average molecular weight is 477 g/mol. The third-order valence-electron chi connectivity index (χ3n) is 7.81. The van der Waals surface area contributed by atoms with Crippen molar-refractivity contribution < 1.29 is 24.2 Å². The van der Waals surface area contributed by atoms with E-state index >= 15 is 0 Å². The molecule has 3 aliphatic rings. The monoisotopic (exact) mass is 476 g/mol. The highest BCUT2D eigenvalue weighted by molar-refractivity contribution is 5.85. The molecule has 0 aromatic heterocycles. The van der Waals surface area contributed by atoms with Crippen LogP contribution < -0.4 is 5.32 Å². The van der Waals surface area contributed by atoms with Crippen LogP contribution in [0, 0.1) is 5.92 Å². The number of piperidine rings is 1. The van der Waals surface area contributed by atoms with Gasteiger partial charge in [-0.05, 0) is 67.2 Å². The number of carboxylic acids is 1. The maximum atomic E-state index is 13.0. The minimum absolute atomic E-state index is 0.0215. The summed E-state index contributed by atoms with van der Waals surface area (Å²) in [5.74, 6) is -1.11. The van der Waals surface area contributed by atoms with Gasteiger partial charge in [0.2, 0.25) is 5.91 Å². The lowest BCUT2D eigenvalue weighted by atomic mass is 9.84.